The predicted octanol–water partition coefficient (Wildman–Crippen LogP) is 0.486. The fourth-order valence-electron chi connectivity index (χ4n) is 1.73. The van der Waals surface area contributed by atoms with Gasteiger partial charge < -0.3 is 4.57 Å². The fraction of sp³-hybridized carbons (Fsp3) is 0.154. The Morgan fingerprint density at radius 2 is 1.91 bits per heavy atom. The van der Waals surface area contributed by atoms with E-state index in [2.05, 4.69) is 4.98 Å². The van der Waals surface area contributed by atoms with Crippen molar-refractivity contribution in [3.05, 3.63) is 57.8 Å². The van der Waals surface area contributed by atoms with Crippen LogP contribution in [0.4, 0.5) is 8.78 Å². The molecule has 0 unspecified atom stereocenters. The Labute approximate surface area is 129 Å². The van der Waals surface area contributed by atoms with E-state index in [0.717, 1.165) is 29.2 Å². The number of aromatic nitrogens is 2. The summed E-state index contributed by atoms with van der Waals surface area (Å²) >= 11 is 0. The number of hydrogen-bond acceptors (Lipinski definition) is 5. The molecule has 0 aliphatic carbocycles. The monoisotopic (exact) mass is 343 g/mol. The molecule has 0 aliphatic heterocycles. The number of nitrogens with one attached hydrogen (secondary N) is 1. The van der Waals surface area contributed by atoms with Crippen LogP contribution < -0.4 is 10.3 Å². The van der Waals surface area contributed by atoms with Gasteiger partial charge in [0.25, 0.3) is 21.5 Å². The molecule has 23 heavy (non-hydrogen) atoms. The number of benzene rings is 1. The minimum Gasteiger partial charge on any atom is -0.302 e. The van der Waals surface area contributed by atoms with E-state index in [1.807, 2.05) is 0 Å². The predicted molar refractivity (Wildman–Crippen MR) is 75.2 cm³/mol. The first kappa shape index (κ1) is 16.7. The van der Waals surface area contributed by atoms with E-state index in [9.17, 15) is 26.8 Å². The number of amides is 1. The van der Waals surface area contributed by atoms with Gasteiger partial charge in [-0.1, -0.05) is 6.07 Å². The molecule has 1 heterocycles. The molecule has 10 heteroatoms. The first-order valence-electron chi connectivity index (χ1n) is 6.17. The summed E-state index contributed by atoms with van der Waals surface area (Å²) in [5.74, 6) is -4.24. The van der Waals surface area contributed by atoms with Crippen LogP contribution in [-0.2, 0) is 17.1 Å². The second-order valence-electron chi connectivity index (χ2n) is 4.67. The molecule has 1 aromatic heterocycles. The lowest BCUT2D eigenvalue weighted by atomic mass is 10.2. The lowest BCUT2D eigenvalue weighted by Gasteiger charge is -2.09. The molecule has 0 atom stereocenters. The molecule has 1 aromatic carbocycles. The normalized spacial score (nSPS) is 11.3. The van der Waals surface area contributed by atoms with Gasteiger partial charge in [0, 0.05) is 13.2 Å². The van der Waals surface area contributed by atoms with E-state index >= 15 is 0 Å². The summed E-state index contributed by atoms with van der Waals surface area (Å²) < 4.78 is 53.8. The van der Waals surface area contributed by atoms with Gasteiger partial charge in [-0.15, -0.1) is 0 Å². The number of hydrogen-bond donors (Lipinski definition) is 1. The number of sulfonamides is 1. The fourth-order valence-corrected chi connectivity index (χ4v) is 2.77. The Kier molecular flexibility index (Phi) is 4.28. The number of halogens is 2. The number of carbonyl (C=O) groups is 1. The molecule has 2 rings (SSSR count). The van der Waals surface area contributed by atoms with Crippen LogP contribution in [0.1, 0.15) is 15.9 Å². The zero-order chi connectivity index (χ0) is 17.4. The summed E-state index contributed by atoms with van der Waals surface area (Å²) in [7, 11) is -3.38. The van der Waals surface area contributed by atoms with Crippen molar-refractivity contribution < 1.29 is 22.0 Å². The smallest absolute Gasteiger partial charge is 0.272 e. The standard InChI is InChI=1S/C13H11F2N3O4S/c1-7-3-4-9(11(15)10(7)14)23(21,22)17-12(19)8-5-16-6-18(2)13(8)20/h3-6H,1-2H3,(H,17,19). The number of rotatable bonds is 3. The second kappa shape index (κ2) is 5.88. The van der Waals surface area contributed by atoms with Crippen LogP contribution in [0.3, 0.4) is 0 Å². The third-order valence-electron chi connectivity index (χ3n) is 3.00. The van der Waals surface area contributed by atoms with Gasteiger partial charge >= 0.3 is 0 Å². The van der Waals surface area contributed by atoms with Crippen molar-refractivity contribution in [2.75, 3.05) is 0 Å². The van der Waals surface area contributed by atoms with Crippen molar-refractivity contribution in [2.24, 2.45) is 7.05 Å². The summed E-state index contributed by atoms with van der Waals surface area (Å²) in [5.41, 5.74) is -1.43. The van der Waals surface area contributed by atoms with Crippen molar-refractivity contribution in [2.45, 2.75) is 11.8 Å². The van der Waals surface area contributed by atoms with E-state index in [1.165, 1.54) is 18.7 Å². The number of aryl methyl sites for hydroxylation is 2. The lowest BCUT2D eigenvalue weighted by molar-refractivity contribution is 0.0979. The van der Waals surface area contributed by atoms with Gasteiger partial charge in [-0.3, -0.25) is 9.59 Å². The zero-order valence-corrected chi connectivity index (χ0v) is 12.8. The Morgan fingerprint density at radius 1 is 1.26 bits per heavy atom. The second-order valence-corrected chi connectivity index (χ2v) is 6.32. The van der Waals surface area contributed by atoms with Crippen LogP contribution in [0.5, 0.6) is 0 Å². The van der Waals surface area contributed by atoms with Crippen LogP contribution in [0, 0.1) is 18.6 Å². The van der Waals surface area contributed by atoms with Gasteiger partial charge in [-0.2, -0.15) is 0 Å². The summed E-state index contributed by atoms with van der Waals surface area (Å²) in [5, 5.41) is 0. The highest BCUT2D eigenvalue weighted by molar-refractivity contribution is 7.90. The highest BCUT2D eigenvalue weighted by Gasteiger charge is 2.26. The summed E-state index contributed by atoms with van der Waals surface area (Å²) in [6.45, 7) is 1.26. The lowest BCUT2D eigenvalue weighted by Crippen LogP contribution is -2.36. The largest absolute Gasteiger partial charge is 0.302 e. The first-order valence-corrected chi connectivity index (χ1v) is 7.66. The van der Waals surface area contributed by atoms with Gasteiger partial charge in [-0.25, -0.2) is 26.9 Å². The van der Waals surface area contributed by atoms with Crippen LogP contribution in [0.2, 0.25) is 0 Å². The van der Waals surface area contributed by atoms with Gasteiger partial charge in [0.15, 0.2) is 11.6 Å². The van der Waals surface area contributed by atoms with Crippen molar-refractivity contribution in [3.63, 3.8) is 0 Å². The van der Waals surface area contributed by atoms with Crippen molar-refractivity contribution in [1.82, 2.24) is 14.3 Å². The van der Waals surface area contributed by atoms with Gasteiger partial charge in [0.1, 0.15) is 10.5 Å². The van der Waals surface area contributed by atoms with Gasteiger partial charge in [0.2, 0.25) is 0 Å². The van der Waals surface area contributed by atoms with Crippen LogP contribution in [0.15, 0.2) is 34.3 Å². The molecule has 1 amide bonds. The average molecular weight is 343 g/mol. The minimum atomic E-state index is -4.70. The molecule has 2 aromatic rings. The quantitative estimate of drug-likeness (QED) is 0.874. The topological polar surface area (TPSA) is 98.1 Å². The molecule has 0 aliphatic rings. The van der Waals surface area contributed by atoms with Gasteiger partial charge in [-0.05, 0) is 18.6 Å². The highest BCUT2D eigenvalue weighted by Crippen LogP contribution is 2.19. The molecule has 0 saturated heterocycles. The molecule has 7 nitrogen and oxygen atoms in total. The summed E-state index contributed by atoms with van der Waals surface area (Å²) in [6, 6.07) is 1.88. The van der Waals surface area contributed by atoms with E-state index < -0.39 is 43.6 Å². The summed E-state index contributed by atoms with van der Waals surface area (Å²) in [6.07, 6.45) is 2.00. The minimum absolute atomic E-state index is 0.0890. The zero-order valence-electron chi connectivity index (χ0n) is 12.0. The maximum atomic E-state index is 13.8. The molecular weight excluding hydrogens is 332 g/mol. The third-order valence-corrected chi connectivity index (χ3v) is 4.34. The molecule has 1 N–H and O–H groups in total. The highest BCUT2D eigenvalue weighted by atomic mass is 32.2. The van der Waals surface area contributed by atoms with Crippen molar-refractivity contribution in [3.8, 4) is 0 Å². The summed E-state index contributed by atoms with van der Waals surface area (Å²) in [4.78, 5) is 26.2. The molecule has 0 radical (unpaired) electrons. The molecule has 0 fully saturated rings. The van der Waals surface area contributed by atoms with E-state index in [-0.39, 0.29) is 5.56 Å². The van der Waals surface area contributed by atoms with Crippen LogP contribution >= 0.6 is 0 Å². The third kappa shape index (κ3) is 3.11. The van der Waals surface area contributed by atoms with E-state index in [0.29, 0.717) is 0 Å². The van der Waals surface area contributed by atoms with Crippen LogP contribution in [0.25, 0.3) is 0 Å². The van der Waals surface area contributed by atoms with Crippen molar-refractivity contribution in [1.29, 1.82) is 0 Å². The SMILES string of the molecule is Cc1ccc(S(=O)(=O)NC(=O)c2cncn(C)c2=O)c(F)c1F. The molecule has 0 bridgehead atoms. The molecule has 0 saturated carbocycles. The van der Waals surface area contributed by atoms with Crippen LogP contribution in [-0.4, -0.2) is 23.9 Å². The van der Waals surface area contributed by atoms with Gasteiger partial charge in [0.05, 0.1) is 6.33 Å². The maximum Gasteiger partial charge on any atom is 0.272 e. The molecular formula is C13H11F2N3O4S. The maximum absolute atomic E-state index is 13.8. The number of nitrogens with zero attached hydrogens (tertiary/aromatic N) is 2. The Bertz CT molecular complexity index is 954. The Balaban J connectivity index is 2.43. The number of carbonyl (C=O) groups excluding carboxylic acids is 1. The Morgan fingerprint density at radius 3 is 2.57 bits per heavy atom. The van der Waals surface area contributed by atoms with Crippen molar-refractivity contribution >= 4 is 15.9 Å². The van der Waals surface area contributed by atoms with E-state index in [1.54, 1.807) is 0 Å². The Hall–Kier alpha value is -2.62. The molecule has 0 spiro atoms. The van der Waals surface area contributed by atoms with E-state index in [4.69, 9.17) is 0 Å². The first-order chi connectivity index (χ1) is 10.6. The molecule has 122 valence electrons. The average Bonchev–Trinajstić information content (AvgIpc) is 2.46.